The third-order valence-electron chi connectivity index (χ3n) is 5.13. The van der Waals surface area contributed by atoms with Crippen molar-refractivity contribution in [3.05, 3.63) is 35.7 Å². The Morgan fingerprint density at radius 2 is 2.21 bits per heavy atom. The van der Waals surface area contributed by atoms with Crippen LogP contribution in [0.3, 0.4) is 0 Å². The number of halogens is 1. The molecule has 154 valence electrons. The Hall–Kier alpha value is -2.66. The van der Waals surface area contributed by atoms with Crippen LogP contribution in [0.4, 0.5) is 20.6 Å². The molecule has 1 amide bonds. The number of piperidine rings is 1. The van der Waals surface area contributed by atoms with Crippen molar-refractivity contribution in [2.45, 2.75) is 38.7 Å². The lowest BCUT2D eigenvalue weighted by Gasteiger charge is -2.31. The van der Waals surface area contributed by atoms with Crippen molar-refractivity contribution in [1.29, 1.82) is 5.26 Å². The highest BCUT2D eigenvalue weighted by Gasteiger charge is 2.32. The molecular formula is C21H25FN4O2S. The predicted molar refractivity (Wildman–Crippen MR) is 115 cm³/mol. The summed E-state index contributed by atoms with van der Waals surface area (Å²) >= 11 is 4.97. The van der Waals surface area contributed by atoms with Crippen LogP contribution in [0.5, 0.6) is 0 Å². The molecule has 6 nitrogen and oxygen atoms in total. The molecule has 0 spiro atoms. The number of ether oxygens (including phenoxy) is 1. The van der Waals surface area contributed by atoms with Crippen LogP contribution in [0.25, 0.3) is 0 Å². The van der Waals surface area contributed by atoms with Gasteiger partial charge in [-0.05, 0) is 44.4 Å². The third kappa shape index (κ3) is 5.45. The van der Waals surface area contributed by atoms with E-state index in [1.165, 1.54) is 16.5 Å². The van der Waals surface area contributed by atoms with Crippen molar-refractivity contribution < 1.29 is 13.9 Å². The standard InChI is InChI=1S/C21H25FN4O2S/c1-15(29)24-13-18-14-26(21(27)28-18)17-5-6-20(19(22)12-17)25-10-7-16(8-11-25)4-2-3-9-23/h4-6,12,18H,2-3,7-8,10-11,13-14H2,1H3,(H,24,29)/t18-/m0/s1. The number of hydrogen-bond donors (Lipinski definition) is 1. The van der Waals surface area contributed by atoms with Gasteiger partial charge in [0, 0.05) is 19.5 Å². The molecule has 0 unspecified atom stereocenters. The molecule has 29 heavy (non-hydrogen) atoms. The van der Waals surface area contributed by atoms with Crippen LogP contribution < -0.4 is 15.1 Å². The maximum Gasteiger partial charge on any atom is 0.414 e. The molecule has 0 saturated carbocycles. The average Bonchev–Trinajstić information content (AvgIpc) is 3.08. The topological polar surface area (TPSA) is 68.6 Å². The smallest absolute Gasteiger partial charge is 0.414 e. The van der Waals surface area contributed by atoms with Gasteiger partial charge < -0.3 is 15.0 Å². The lowest BCUT2D eigenvalue weighted by molar-refractivity contribution is 0.143. The summed E-state index contributed by atoms with van der Waals surface area (Å²) < 4.78 is 20.1. The van der Waals surface area contributed by atoms with Gasteiger partial charge in [-0.3, -0.25) is 4.90 Å². The van der Waals surface area contributed by atoms with E-state index in [0.29, 0.717) is 35.9 Å². The normalized spacial score (nSPS) is 19.0. The summed E-state index contributed by atoms with van der Waals surface area (Å²) in [4.78, 5) is 16.3. The van der Waals surface area contributed by atoms with E-state index in [1.54, 1.807) is 19.1 Å². The summed E-state index contributed by atoms with van der Waals surface area (Å²) in [7, 11) is 0. The van der Waals surface area contributed by atoms with Crippen LogP contribution in [0.1, 0.15) is 32.6 Å². The minimum absolute atomic E-state index is 0.323. The Balaban J connectivity index is 1.61. The first-order valence-electron chi connectivity index (χ1n) is 9.80. The lowest BCUT2D eigenvalue weighted by Crippen LogP contribution is -2.33. The molecule has 1 aromatic rings. The minimum atomic E-state index is -0.476. The van der Waals surface area contributed by atoms with Crippen LogP contribution in [0.15, 0.2) is 29.8 Å². The number of hydrogen-bond acceptors (Lipinski definition) is 5. The number of benzene rings is 1. The second-order valence-corrected chi connectivity index (χ2v) is 7.85. The summed E-state index contributed by atoms with van der Waals surface area (Å²) in [6, 6.07) is 7.04. The van der Waals surface area contributed by atoms with Crippen molar-refractivity contribution in [3.63, 3.8) is 0 Å². The summed E-state index contributed by atoms with van der Waals surface area (Å²) in [5.41, 5.74) is 2.37. The first-order valence-corrected chi connectivity index (χ1v) is 10.2. The zero-order valence-electron chi connectivity index (χ0n) is 16.5. The number of rotatable bonds is 6. The van der Waals surface area contributed by atoms with Crippen molar-refractivity contribution in [1.82, 2.24) is 5.32 Å². The van der Waals surface area contributed by atoms with Crippen molar-refractivity contribution in [3.8, 4) is 6.07 Å². The van der Waals surface area contributed by atoms with Gasteiger partial charge in [-0.1, -0.05) is 23.9 Å². The van der Waals surface area contributed by atoms with Gasteiger partial charge in [-0.15, -0.1) is 0 Å². The van der Waals surface area contributed by atoms with E-state index in [4.69, 9.17) is 22.2 Å². The summed E-state index contributed by atoms with van der Waals surface area (Å²) in [5, 5.41) is 11.6. The Bertz CT molecular complexity index is 842. The highest BCUT2D eigenvalue weighted by Crippen LogP contribution is 2.30. The number of nitriles is 1. The Kier molecular flexibility index (Phi) is 7.04. The van der Waals surface area contributed by atoms with E-state index >= 15 is 0 Å². The highest BCUT2D eigenvalue weighted by atomic mass is 32.1. The van der Waals surface area contributed by atoms with Gasteiger partial charge in [0.2, 0.25) is 0 Å². The predicted octanol–water partition coefficient (Wildman–Crippen LogP) is 3.92. The quantitative estimate of drug-likeness (QED) is 0.431. The van der Waals surface area contributed by atoms with Gasteiger partial charge in [0.25, 0.3) is 0 Å². The first kappa shape index (κ1) is 21.1. The number of carbonyl (C=O) groups is 1. The van der Waals surface area contributed by atoms with Crippen molar-refractivity contribution >= 4 is 34.7 Å². The van der Waals surface area contributed by atoms with Crippen LogP contribution in [0, 0.1) is 17.1 Å². The van der Waals surface area contributed by atoms with E-state index in [0.717, 1.165) is 32.4 Å². The molecule has 1 N–H and O–H groups in total. The van der Waals surface area contributed by atoms with Crippen LogP contribution in [0.2, 0.25) is 0 Å². The Morgan fingerprint density at radius 1 is 1.45 bits per heavy atom. The number of nitrogens with zero attached hydrogens (tertiary/aromatic N) is 3. The molecule has 0 bridgehead atoms. The number of allylic oxidation sites excluding steroid dienone is 1. The molecule has 2 fully saturated rings. The van der Waals surface area contributed by atoms with E-state index in [2.05, 4.69) is 17.5 Å². The van der Waals surface area contributed by atoms with Crippen LogP contribution in [-0.2, 0) is 4.74 Å². The molecule has 3 rings (SSSR count). The monoisotopic (exact) mass is 416 g/mol. The van der Waals surface area contributed by atoms with Crippen molar-refractivity contribution in [2.75, 3.05) is 36.0 Å². The number of unbranched alkanes of at least 4 members (excludes halogenated alkanes) is 1. The second-order valence-electron chi connectivity index (χ2n) is 7.24. The number of carbonyl (C=O) groups excluding carboxylic acids is 1. The SMILES string of the molecule is CC(=S)NC[C@H]1CN(c2ccc(N3CCC(=CCCC#N)CC3)c(F)c2)C(=O)O1. The zero-order chi connectivity index (χ0) is 20.8. The summed E-state index contributed by atoms with van der Waals surface area (Å²) in [6.45, 7) is 4.05. The molecule has 2 saturated heterocycles. The maximum absolute atomic E-state index is 14.8. The van der Waals surface area contributed by atoms with Crippen LogP contribution in [-0.4, -0.2) is 43.4 Å². The number of anilines is 2. The molecule has 2 heterocycles. The molecule has 2 aliphatic rings. The van der Waals surface area contributed by atoms with E-state index in [-0.39, 0.29) is 11.9 Å². The fourth-order valence-electron chi connectivity index (χ4n) is 3.60. The van der Waals surface area contributed by atoms with E-state index in [1.807, 2.05) is 4.90 Å². The van der Waals surface area contributed by atoms with Gasteiger partial charge in [0.15, 0.2) is 0 Å². The van der Waals surface area contributed by atoms with Gasteiger partial charge in [0.05, 0.1) is 35.5 Å². The Labute approximate surface area is 175 Å². The first-order chi connectivity index (χ1) is 14.0. The van der Waals surface area contributed by atoms with Crippen molar-refractivity contribution in [2.24, 2.45) is 0 Å². The molecule has 1 aromatic carbocycles. The molecule has 0 aromatic heterocycles. The highest BCUT2D eigenvalue weighted by molar-refractivity contribution is 7.80. The Morgan fingerprint density at radius 3 is 2.86 bits per heavy atom. The fraction of sp³-hybridized carbons (Fsp3) is 0.476. The maximum atomic E-state index is 14.8. The average molecular weight is 417 g/mol. The minimum Gasteiger partial charge on any atom is -0.442 e. The number of nitrogens with one attached hydrogen (secondary N) is 1. The second kappa shape index (κ2) is 9.70. The van der Waals surface area contributed by atoms with Crippen LogP contribution >= 0.6 is 12.2 Å². The number of thiocarbonyl (C=S) groups is 1. The molecule has 0 aliphatic carbocycles. The van der Waals surface area contributed by atoms with E-state index in [9.17, 15) is 9.18 Å². The van der Waals surface area contributed by atoms with Gasteiger partial charge in [0.1, 0.15) is 11.9 Å². The number of amides is 1. The zero-order valence-corrected chi connectivity index (χ0v) is 17.3. The molecular weight excluding hydrogens is 391 g/mol. The molecule has 1 atom stereocenters. The number of cyclic esters (lactones) is 1. The van der Waals surface area contributed by atoms with E-state index < -0.39 is 6.09 Å². The molecule has 0 radical (unpaired) electrons. The molecule has 2 aliphatic heterocycles. The van der Waals surface area contributed by atoms with Gasteiger partial charge in [-0.25, -0.2) is 9.18 Å². The summed E-state index contributed by atoms with van der Waals surface area (Å²) in [6.07, 6.45) is 4.40. The fourth-order valence-corrected chi connectivity index (χ4v) is 3.68. The molecule has 8 heteroatoms. The van der Waals surface area contributed by atoms with Gasteiger partial charge >= 0.3 is 6.09 Å². The summed E-state index contributed by atoms with van der Waals surface area (Å²) in [5.74, 6) is -0.344. The lowest BCUT2D eigenvalue weighted by atomic mass is 10.0. The largest absolute Gasteiger partial charge is 0.442 e. The third-order valence-corrected chi connectivity index (χ3v) is 5.28. The van der Waals surface area contributed by atoms with Gasteiger partial charge in [-0.2, -0.15) is 5.26 Å².